The highest BCUT2D eigenvalue weighted by molar-refractivity contribution is 6.18. The molecule has 1 rings (SSSR count). The summed E-state index contributed by atoms with van der Waals surface area (Å²) in [5.74, 6) is 5.50. The predicted molar refractivity (Wildman–Crippen MR) is 53.0 cm³/mol. The molecule has 0 unspecified atom stereocenters. The number of rotatable bonds is 1. The number of alkyl halides is 1. The van der Waals surface area contributed by atoms with E-state index < -0.39 is 0 Å². The molecule has 0 aliphatic carbocycles. The van der Waals surface area contributed by atoms with E-state index in [9.17, 15) is 4.39 Å². The number of benzene rings is 1. The van der Waals surface area contributed by atoms with Crippen LogP contribution in [0.25, 0.3) is 0 Å². The van der Waals surface area contributed by atoms with Gasteiger partial charge in [0.15, 0.2) is 0 Å². The van der Waals surface area contributed by atoms with Crippen LogP contribution in [0.1, 0.15) is 12.0 Å². The van der Waals surface area contributed by atoms with Gasteiger partial charge in [-0.3, -0.25) is 0 Å². The number of hydrogen-bond acceptors (Lipinski definition) is 1. The van der Waals surface area contributed by atoms with E-state index in [1.807, 2.05) is 0 Å². The Morgan fingerprint density at radius 1 is 1.46 bits per heavy atom. The molecule has 0 aliphatic rings. The molecule has 1 aromatic carbocycles. The lowest BCUT2D eigenvalue weighted by Gasteiger charge is -1.95. The van der Waals surface area contributed by atoms with Gasteiger partial charge in [-0.05, 0) is 18.2 Å². The predicted octanol–water partition coefficient (Wildman–Crippen LogP) is 2.39. The maximum Gasteiger partial charge on any atom is 0.140 e. The van der Waals surface area contributed by atoms with E-state index in [2.05, 4.69) is 11.8 Å². The molecule has 0 spiro atoms. The van der Waals surface area contributed by atoms with Gasteiger partial charge in [-0.25, -0.2) is 4.39 Å². The molecule has 3 heteroatoms. The quantitative estimate of drug-likeness (QED) is 0.418. The zero-order valence-electron chi connectivity index (χ0n) is 6.98. The monoisotopic (exact) mass is 197 g/mol. The Kier molecular flexibility index (Phi) is 3.60. The van der Waals surface area contributed by atoms with Gasteiger partial charge in [0, 0.05) is 18.0 Å². The molecule has 0 radical (unpaired) electrons. The minimum atomic E-state index is -0.387. The van der Waals surface area contributed by atoms with Crippen molar-refractivity contribution < 1.29 is 4.39 Å². The summed E-state index contributed by atoms with van der Waals surface area (Å²) in [6, 6.07) is 4.43. The molecule has 1 nitrogen and oxygen atoms in total. The summed E-state index contributed by atoms with van der Waals surface area (Å²) in [7, 11) is 0. The fourth-order valence-electron chi connectivity index (χ4n) is 0.838. The first-order valence-corrected chi connectivity index (χ1v) is 4.37. The molecule has 0 bridgehead atoms. The summed E-state index contributed by atoms with van der Waals surface area (Å²) in [5.41, 5.74) is 6.14. The summed E-state index contributed by atoms with van der Waals surface area (Å²) in [6.45, 7) is 0. The average molecular weight is 198 g/mol. The van der Waals surface area contributed by atoms with E-state index >= 15 is 0 Å². The molecule has 0 amide bonds. The highest BCUT2D eigenvalue weighted by Gasteiger charge is 1.97. The Morgan fingerprint density at radius 3 is 2.85 bits per heavy atom. The number of nitrogens with two attached hydrogens (primary N) is 1. The van der Waals surface area contributed by atoms with Gasteiger partial charge in [-0.1, -0.05) is 11.8 Å². The van der Waals surface area contributed by atoms with Gasteiger partial charge in [0.05, 0.1) is 5.56 Å². The van der Waals surface area contributed by atoms with Crippen molar-refractivity contribution in [2.75, 3.05) is 11.6 Å². The van der Waals surface area contributed by atoms with Gasteiger partial charge in [-0.2, -0.15) is 0 Å². The number of hydrogen-bond donors (Lipinski definition) is 1. The van der Waals surface area contributed by atoms with Crippen molar-refractivity contribution in [3.05, 3.63) is 29.6 Å². The van der Waals surface area contributed by atoms with Crippen LogP contribution in [0.15, 0.2) is 18.2 Å². The lowest BCUT2D eigenvalue weighted by atomic mass is 10.2. The molecule has 1 aromatic rings. The van der Waals surface area contributed by atoms with E-state index in [-0.39, 0.29) is 5.82 Å². The maximum absolute atomic E-state index is 13.1. The van der Waals surface area contributed by atoms with Crippen LogP contribution in [0.5, 0.6) is 0 Å². The molecular weight excluding hydrogens is 189 g/mol. The van der Waals surface area contributed by atoms with Crippen molar-refractivity contribution in [2.24, 2.45) is 0 Å². The fourth-order valence-corrected chi connectivity index (χ4v) is 0.932. The lowest BCUT2D eigenvalue weighted by Crippen LogP contribution is -1.88. The van der Waals surface area contributed by atoms with Crippen molar-refractivity contribution in [1.29, 1.82) is 0 Å². The zero-order chi connectivity index (χ0) is 9.68. The standard InChI is InChI=1S/C10H9ClFN/c11-6-2-1-3-8-4-5-9(13)7-10(8)12/h4-5,7H,2,6,13H2. The minimum Gasteiger partial charge on any atom is -0.399 e. The van der Waals surface area contributed by atoms with Gasteiger partial charge in [0.25, 0.3) is 0 Å². The molecule has 68 valence electrons. The first-order valence-electron chi connectivity index (χ1n) is 3.84. The van der Waals surface area contributed by atoms with Crippen LogP contribution in [-0.2, 0) is 0 Å². The maximum atomic E-state index is 13.1. The summed E-state index contributed by atoms with van der Waals surface area (Å²) in [4.78, 5) is 0. The first kappa shape index (κ1) is 9.88. The largest absolute Gasteiger partial charge is 0.399 e. The van der Waals surface area contributed by atoms with Crippen molar-refractivity contribution in [2.45, 2.75) is 6.42 Å². The Labute approximate surface area is 81.7 Å². The second kappa shape index (κ2) is 4.74. The number of halogens is 2. The van der Waals surface area contributed by atoms with Gasteiger partial charge in [0.1, 0.15) is 5.82 Å². The fraction of sp³-hybridized carbons (Fsp3) is 0.200. The van der Waals surface area contributed by atoms with Gasteiger partial charge < -0.3 is 5.73 Å². The summed E-state index contributed by atoms with van der Waals surface area (Å²) in [6.07, 6.45) is 0.561. The summed E-state index contributed by atoms with van der Waals surface area (Å²) < 4.78 is 13.1. The van der Waals surface area contributed by atoms with Crippen LogP contribution in [0, 0.1) is 17.7 Å². The third-order valence-electron chi connectivity index (χ3n) is 1.44. The summed E-state index contributed by atoms with van der Waals surface area (Å²) in [5, 5.41) is 0. The van der Waals surface area contributed by atoms with Crippen molar-refractivity contribution in [3.8, 4) is 11.8 Å². The molecule has 0 aliphatic heterocycles. The Bertz CT molecular complexity index is 352. The lowest BCUT2D eigenvalue weighted by molar-refractivity contribution is 0.625. The van der Waals surface area contributed by atoms with E-state index in [1.165, 1.54) is 6.07 Å². The smallest absolute Gasteiger partial charge is 0.140 e. The molecular formula is C10H9ClFN. The number of anilines is 1. The Morgan fingerprint density at radius 2 is 2.23 bits per heavy atom. The van der Waals surface area contributed by atoms with Gasteiger partial charge in [-0.15, -0.1) is 11.6 Å². The zero-order valence-corrected chi connectivity index (χ0v) is 7.74. The molecule has 0 fully saturated rings. The Balaban J connectivity index is 2.85. The third kappa shape index (κ3) is 2.96. The first-order chi connectivity index (χ1) is 6.24. The topological polar surface area (TPSA) is 26.0 Å². The van der Waals surface area contributed by atoms with Crippen LogP contribution in [0.4, 0.5) is 10.1 Å². The van der Waals surface area contributed by atoms with E-state index in [0.29, 0.717) is 23.6 Å². The molecule has 0 saturated carbocycles. The molecule has 0 saturated heterocycles. The highest BCUT2D eigenvalue weighted by atomic mass is 35.5. The second-order valence-electron chi connectivity index (χ2n) is 2.48. The molecule has 0 aromatic heterocycles. The van der Waals surface area contributed by atoms with Crippen molar-refractivity contribution >= 4 is 17.3 Å². The van der Waals surface area contributed by atoms with Crippen LogP contribution < -0.4 is 5.73 Å². The summed E-state index contributed by atoms with van der Waals surface area (Å²) >= 11 is 5.42. The van der Waals surface area contributed by atoms with Gasteiger partial charge in [0.2, 0.25) is 0 Å². The van der Waals surface area contributed by atoms with Crippen LogP contribution in [-0.4, -0.2) is 5.88 Å². The number of nitrogen functional groups attached to an aromatic ring is 1. The molecule has 0 heterocycles. The van der Waals surface area contributed by atoms with Gasteiger partial charge >= 0.3 is 0 Å². The van der Waals surface area contributed by atoms with E-state index in [1.54, 1.807) is 12.1 Å². The third-order valence-corrected chi connectivity index (χ3v) is 1.62. The normalized spacial score (nSPS) is 9.08. The van der Waals surface area contributed by atoms with Crippen LogP contribution >= 0.6 is 11.6 Å². The molecule has 13 heavy (non-hydrogen) atoms. The Hall–Kier alpha value is -1.20. The van der Waals surface area contributed by atoms with Crippen molar-refractivity contribution in [1.82, 2.24) is 0 Å². The second-order valence-corrected chi connectivity index (χ2v) is 2.86. The van der Waals surface area contributed by atoms with Crippen molar-refractivity contribution in [3.63, 3.8) is 0 Å². The average Bonchev–Trinajstić information content (AvgIpc) is 2.09. The van der Waals surface area contributed by atoms with E-state index in [4.69, 9.17) is 17.3 Å². The minimum absolute atomic E-state index is 0.360. The highest BCUT2D eigenvalue weighted by Crippen LogP contribution is 2.10. The SMILES string of the molecule is Nc1ccc(C#CCCCl)c(F)c1. The molecule has 2 N–H and O–H groups in total. The molecule has 0 atom stereocenters. The van der Waals surface area contributed by atoms with Crippen LogP contribution in [0.2, 0.25) is 0 Å². The van der Waals surface area contributed by atoms with E-state index in [0.717, 1.165) is 0 Å². The van der Waals surface area contributed by atoms with Crippen LogP contribution in [0.3, 0.4) is 0 Å².